The molecule has 3 aliphatic heterocycles. The van der Waals surface area contributed by atoms with Gasteiger partial charge in [-0.05, 0) is 12.1 Å². The Bertz CT molecular complexity index is 1980. The lowest BCUT2D eigenvalue weighted by Gasteiger charge is -2.31. The molecule has 3 aliphatic rings. The van der Waals surface area contributed by atoms with Gasteiger partial charge in [-0.2, -0.15) is 4.31 Å². The van der Waals surface area contributed by atoms with Gasteiger partial charge in [0.2, 0.25) is 5.91 Å². The van der Waals surface area contributed by atoms with Crippen LogP contribution in [0.4, 0.5) is 5.82 Å². The highest BCUT2D eigenvalue weighted by molar-refractivity contribution is 7.61. The van der Waals surface area contributed by atoms with Crippen molar-refractivity contribution in [3.63, 3.8) is 0 Å². The van der Waals surface area contributed by atoms with Crippen molar-refractivity contribution in [2.24, 2.45) is 11.7 Å². The summed E-state index contributed by atoms with van der Waals surface area (Å²) >= 11 is 0. The lowest BCUT2D eigenvalue weighted by Crippen LogP contribution is -2.41. The Hall–Kier alpha value is -4.06. The van der Waals surface area contributed by atoms with Gasteiger partial charge in [-0.3, -0.25) is 28.2 Å². The van der Waals surface area contributed by atoms with Crippen molar-refractivity contribution in [2.45, 2.75) is 49.1 Å². The number of phosphoric ester groups is 2. The highest BCUT2D eigenvalue weighted by Crippen LogP contribution is 2.60. The number of aliphatic hydroxyl groups excluding tert-OH is 4. The van der Waals surface area contributed by atoms with Crippen molar-refractivity contribution >= 4 is 44.3 Å². The summed E-state index contributed by atoms with van der Waals surface area (Å²) in [7, 11) is -10.9. The Morgan fingerprint density at radius 2 is 1.48 bits per heavy atom. The summed E-state index contributed by atoms with van der Waals surface area (Å²) in [6.07, 6.45) is -3.56. The highest BCUT2D eigenvalue weighted by Gasteiger charge is 2.49. The first-order valence-corrected chi connectivity index (χ1v) is 18.1. The number of anilines is 1. The molecule has 2 saturated heterocycles. The maximum Gasteiger partial charge on any atom is 0.481 e. The van der Waals surface area contributed by atoms with E-state index in [1.165, 1.54) is 47.7 Å². The molecule has 2 fully saturated rings. The molecule has 0 spiro atoms. The quantitative estimate of drug-likeness (QED) is 0.0676. The van der Waals surface area contributed by atoms with Crippen LogP contribution in [-0.4, -0.2) is 127 Å². The van der Waals surface area contributed by atoms with Gasteiger partial charge in [0.05, 0.1) is 25.5 Å². The predicted molar refractivity (Wildman–Crippen MR) is 169 cm³/mol. The number of ether oxygens (including phenoxy) is 2. The largest absolute Gasteiger partial charge is 0.481 e. The first kappa shape index (κ1) is 37.7. The molecule has 11 atom stereocenters. The van der Waals surface area contributed by atoms with Gasteiger partial charge in [0, 0.05) is 35.9 Å². The number of imidazole rings is 1. The summed E-state index contributed by atoms with van der Waals surface area (Å²) in [4.78, 5) is 62.4. The van der Waals surface area contributed by atoms with E-state index in [1.807, 2.05) is 0 Å². The number of ketones is 1. The molecule has 0 aromatic carbocycles. The van der Waals surface area contributed by atoms with Gasteiger partial charge in [0.1, 0.15) is 48.5 Å². The normalized spacial score (nSPS) is 31.3. The molecule has 3 aromatic heterocycles. The van der Waals surface area contributed by atoms with E-state index in [0.717, 1.165) is 17.4 Å². The number of nitrogens with zero attached hydrogens (tertiary/aromatic N) is 6. The summed E-state index contributed by atoms with van der Waals surface area (Å²) in [5.41, 5.74) is 11.7. The molecule has 3 aromatic rings. The molecule has 6 heterocycles. The third kappa shape index (κ3) is 7.68. The number of primary amides is 1. The number of Topliss-reactive ketones (excluding diaryl/α,β-unsaturated/α-hetero) is 1. The van der Waals surface area contributed by atoms with Crippen molar-refractivity contribution in [3.8, 4) is 0 Å². The average molecular weight is 771 g/mol. The van der Waals surface area contributed by atoms with Crippen LogP contribution < -0.4 is 11.5 Å². The van der Waals surface area contributed by atoms with Gasteiger partial charge in [-0.25, -0.2) is 24.1 Å². The van der Waals surface area contributed by atoms with Gasteiger partial charge >= 0.3 is 15.6 Å². The number of nitrogen functional groups attached to an aromatic ring is 1. The van der Waals surface area contributed by atoms with Crippen LogP contribution in [0, 0.1) is 5.92 Å². The number of carbonyl (C=O) groups excluding carboxylic acids is 2. The van der Waals surface area contributed by atoms with Gasteiger partial charge < -0.3 is 56.1 Å². The molecule has 280 valence electrons. The molecular formula is C27H32N8O15P2. The minimum absolute atomic E-state index is 0.0378. The minimum Gasteiger partial charge on any atom is -0.387 e. The number of aromatic nitrogens is 5. The standard InChI is InChI=1S/C27H32N8O15P2/c28-23-17-25(32-10-31-23)35(11-33-17)27-22(40)20(38)16(49-27)9-47-52(44,45)50-51(42,43)46-8-15-19(37)21(39)26(48-15)34-6-3-13(14(7-34)24(29)41)18(36)12-1-4-30-5-2-12/h1-7,10-11,13,15-16,19-22,26-27,37-40H,8-9H2,(H2,29,41)(H,42,43)(H,44,45)(H2,28,31,32)/t13-,15-,16-,19-,20-,21-,22-,26-,27-/m1/s1. The van der Waals surface area contributed by atoms with Gasteiger partial charge in [-0.15, -0.1) is 0 Å². The van der Waals surface area contributed by atoms with Crippen molar-refractivity contribution in [1.82, 2.24) is 29.4 Å². The fraction of sp³-hybridized carbons (Fsp3) is 0.407. The van der Waals surface area contributed by atoms with Crippen LogP contribution >= 0.6 is 15.6 Å². The van der Waals surface area contributed by atoms with Gasteiger partial charge in [-0.1, -0.05) is 6.08 Å². The molecule has 0 radical (unpaired) electrons. The summed E-state index contributed by atoms with van der Waals surface area (Å²) in [5, 5.41) is 42.3. The second-order valence-corrected chi connectivity index (χ2v) is 14.6. The monoisotopic (exact) mass is 770 g/mol. The fourth-order valence-corrected chi connectivity index (χ4v) is 7.74. The fourth-order valence-electron chi connectivity index (χ4n) is 5.65. The first-order chi connectivity index (χ1) is 24.6. The third-order valence-corrected chi connectivity index (χ3v) is 10.8. The smallest absolute Gasteiger partial charge is 0.387 e. The summed E-state index contributed by atoms with van der Waals surface area (Å²) in [6.45, 7) is -1.90. The van der Waals surface area contributed by atoms with Crippen molar-refractivity contribution in [2.75, 3.05) is 18.9 Å². The number of hydrogen-bond acceptors (Lipinski definition) is 19. The van der Waals surface area contributed by atoms with E-state index in [0.29, 0.717) is 0 Å². The SMILES string of the molecule is NC(=O)C1=CN([C@@H]2O[C@H](COP(=O)(O)OP(=O)(O)OC[C@H]3O[C@@H](n4cnc5c(N)ncnc54)[C@H](O)[C@@H]3O)[C@@H](O)[C@H]2O)C=C[C@H]1C(=O)c1ccncc1. The van der Waals surface area contributed by atoms with Crippen LogP contribution in [0.5, 0.6) is 0 Å². The lowest BCUT2D eigenvalue weighted by atomic mass is 9.89. The second kappa shape index (κ2) is 14.8. The van der Waals surface area contributed by atoms with E-state index in [1.54, 1.807) is 0 Å². The van der Waals surface area contributed by atoms with Crippen LogP contribution in [0.25, 0.3) is 11.2 Å². The van der Waals surface area contributed by atoms with E-state index in [-0.39, 0.29) is 28.1 Å². The Morgan fingerprint density at radius 1 is 0.885 bits per heavy atom. The molecule has 6 rings (SSSR count). The Balaban J connectivity index is 1.03. The zero-order valence-corrected chi connectivity index (χ0v) is 28.2. The number of pyridine rings is 1. The number of rotatable bonds is 13. The average Bonchev–Trinajstić information content (AvgIpc) is 3.75. The summed E-state index contributed by atoms with van der Waals surface area (Å²) < 4.78 is 51.3. The lowest BCUT2D eigenvalue weighted by molar-refractivity contribution is -0.115. The van der Waals surface area contributed by atoms with E-state index in [4.69, 9.17) is 30.0 Å². The van der Waals surface area contributed by atoms with Gasteiger partial charge in [0.15, 0.2) is 29.7 Å². The van der Waals surface area contributed by atoms with Crippen molar-refractivity contribution < 1.29 is 71.8 Å². The maximum absolute atomic E-state index is 13.0. The zero-order chi connectivity index (χ0) is 37.5. The number of fused-ring (bicyclic) bond motifs is 1. The molecular weight excluding hydrogens is 738 g/mol. The van der Waals surface area contributed by atoms with Crippen LogP contribution in [0.2, 0.25) is 0 Å². The molecule has 2 unspecified atom stereocenters. The Morgan fingerprint density at radius 3 is 2.10 bits per heavy atom. The number of allylic oxidation sites excluding steroid dienone is 1. The van der Waals surface area contributed by atoms with Crippen LogP contribution in [-0.2, 0) is 36.8 Å². The Labute approximate surface area is 291 Å². The minimum atomic E-state index is -5.45. The predicted octanol–water partition coefficient (Wildman–Crippen LogP) is -2.18. The van der Waals surface area contributed by atoms with E-state index < -0.39 is 95.5 Å². The van der Waals surface area contributed by atoms with Gasteiger partial charge in [0.25, 0.3) is 0 Å². The zero-order valence-electron chi connectivity index (χ0n) is 26.4. The first-order valence-electron chi connectivity index (χ1n) is 15.1. The highest BCUT2D eigenvalue weighted by atomic mass is 31.3. The molecule has 0 saturated carbocycles. The number of amides is 1. The number of phosphoric acid groups is 2. The molecule has 52 heavy (non-hydrogen) atoms. The molecule has 1 amide bonds. The number of carbonyl (C=O) groups is 2. The topological polar surface area (TPSA) is 348 Å². The third-order valence-electron chi connectivity index (χ3n) is 8.25. The molecule has 25 heteroatoms. The van der Waals surface area contributed by atoms with Crippen LogP contribution in [0.15, 0.2) is 61.2 Å². The Kier molecular flexibility index (Phi) is 10.7. The number of aliphatic hydroxyl groups is 4. The van der Waals surface area contributed by atoms with E-state index in [2.05, 4.69) is 24.2 Å². The van der Waals surface area contributed by atoms with E-state index >= 15 is 0 Å². The molecule has 0 aliphatic carbocycles. The molecule has 0 bridgehead atoms. The number of hydrogen-bond donors (Lipinski definition) is 8. The van der Waals surface area contributed by atoms with E-state index in [9.17, 15) is 48.9 Å². The maximum atomic E-state index is 13.0. The van der Waals surface area contributed by atoms with Crippen molar-refractivity contribution in [3.05, 3.63) is 66.8 Å². The van der Waals surface area contributed by atoms with Crippen LogP contribution in [0.3, 0.4) is 0 Å². The number of nitrogens with two attached hydrogens (primary N) is 2. The summed E-state index contributed by atoms with van der Waals surface area (Å²) in [6, 6.07) is 2.90. The van der Waals surface area contributed by atoms with Crippen LogP contribution in [0.1, 0.15) is 16.6 Å². The molecule has 23 nitrogen and oxygen atoms in total. The second-order valence-electron chi connectivity index (χ2n) is 11.6. The molecule has 10 N–H and O–H groups in total. The summed E-state index contributed by atoms with van der Waals surface area (Å²) in [5.74, 6) is -2.48. The van der Waals surface area contributed by atoms with Crippen molar-refractivity contribution in [1.29, 1.82) is 0 Å².